The molecule has 0 aromatic heterocycles. The molecule has 0 spiro atoms. The van der Waals surface area contributed by atoms with Crippen LogP contribution in [0.15, 0.2) is 18.2 Å². The summed E-state index contributed by atoms with van der Waals surface area (Å²) in [5.41, 5.74) is 1.37. The van der Waals surface area contributed by atoms with Crippen LogP contribution in [-0.4, -0.2) is 0 Å². The van der Waals surface area contributed by atoms with Crippen molar-refractivity contribution in [3.8, 4) is 0 Å². The van der Waals surface area contributed by atoms with Gasteiger partial charge in [0.1, 0.15) is 5.82 Å². The van der Waals surface area contributed by atoms with Gasteiger partial charge in [0.2, 0.25) is 6.04 Å². The molecule has 0 bridgehead atoms. The molecule has 1 unspecified atom stereocenters. The number of rotatable bonds is 1. The molecule has 0 aliphatic carbocycles. The number of hydrogen-bond acceptors (Lipinski definition) is 0. The lowest BCUT2D eigenvalue weighted by molar-refractivity contribution is 0.614. The van der Waals surface area contributed by atoms with E-state index >= 15 is 0 Å². The first-order valence-corrected chi connectivity index (χ1v) is 3.78. The Labute approximate surface area is 71.7 Å². The summed E-state index contributed by atoms with van der Waals surface area (Å²) in [5.74, 6) is -0.233. The summed E-state index contributed by atoms with van der Waals surface area (Å²) in [5, 5.41) is 0. The zero-order valence-electron chi connectivity index (χ0n) is 7.13. The van der Waals surface area contributed by atoms with Gasteiger partial charge in [0.15, 0.2) is 0 Å². The summed E-state index contributed by atoms with van der Waals surface area (Å²) >= 11 is 0. The van der Waals surface area contributed by atoms with Crippen molar-refractivity contribution in [2.24, 2.45) is 0 Å². The minimum atomic E-state index is -0.249. The van der Waals surface area contributed by atoms with Crippen LogP contribution in [0.25, 0.3) is 4.85 Å². The smallest absolute Gasteiger partial charge is 0.246 e. The van der Waals surface area contributed by atoms with Gasteiger partial charge in [0.25, 0.3) is 0 Å². The second-order valence-corrected chi connectivity index (χ2v) is 2.76. The van der Waals surface area contributed by atoms with Gasteiger partial charge in [-0.1, -0.05) is 12.1 Å². The van der Waals surface area contributed by atoms with Crippen LogP contribution in [0, 0.1) is 19.3 Å². The quantitative estimate of drug-likeness (QED) is 0.560. The fraction of sp³-hybridized carbons (Fsp3) is 0.300. The lowest BCUT2D eigenvalue weighted by Gasteiger charge is -2.04. The molecule has 0 aliphatic heterocycles. The average Bonchev–Trinajstić information content (AvgIpc) is 2.08. The van der Waals surface area contributed by atoms with Crippen LogP contribution < -0.4 is 0 Å². The van der Waals surface area contributed by atoms with Crippen molar-refractivity contribution >= 4 is 0 Å². The maximum atomic E-state index is 13.0. The zero-order valence-corrected chi connectivity index (χ0v) is 7.13. The average molecular weight is 163 g/mol. The Morgan fingerprint density at radius 2 is 2.17 bits per heavy atom. The Hall–Kier alpha value is -1.36. The third-order valence-corrected chi connectivity index (χ3v) is 1.95. The van der Waals surface area contributed by atoms with Gasteiger partial charge in [0.05, 0.1) is 0 Å². The Morgan fingerprint density at radius 3 is 2.75 bits per heavy atom. The molecule has 0 radical (unpaired) electrons. The molecule has 62 valence electrons. The van der Waals surface area contributed by atoms with E-state index in [0.29, 0.717) is 5.56 Å². The second kappa shape index (κ2) is 3.36. The third-order valence-electron chi connectivity index (χ3n) is 1.95. The SMILES string of the molecule is [C-]#[N+]C(C)c1cccc(F)c1C. The van der Waals surface area contributed by atoms with Crippen LogP contribution in [0.5, 0.6) is 0 Å². The first-order chi connectivity index (χ1) is 5.66. The van der Waals surface area contributed by atoms with Crippen LogP contribution >= 0.6 is 0 Å². The van der Waals surface area contributed by atoms with E-state index in [1.165, 1.54) is 6.07 Å². The number of nitrogens with zero attached hydrogens (tertiary/aromatic N) is 1. The first-order valence-electron chi connectivity index (χ1n) is 3.78. The van der Waals surface area contributed by atoms with Gasteiger partial charge >= 0.3 is 0 Å². The van der Waals surface area contributed by atoms with Crippen LogP contribution in [0.2, 0.25) is 0 Å². The summed E-state index contributed by atoms with van der Waals surface area (Å²) in [6, 6.07) is 4.59. The molecule has 0 amide bonds. The predicted octanol–water partition coefficient (Wildman–Crippen LogP) is 3.11. The fourth-order valence-electron chi connectivity index (χ4n) is 1.15. The third kappa shape index (κ3) is 1.45. The van der Waals surface area contributed by atoms with E-state index in [1.54, 1.807) is 26.0 Å². The van der Waals surface area contributed by atoms with Crippen molar-refractivity contribution in [2.45, 2.75) is 19.9 Å². The summed E-state index contributed by atoms with van der Waals surface area (Å²) in [7, 11) is 0. The lowest BCUT2D eigenvalue weighted by atomic mass is 10.0. The highest BCUT2D eigenvalue weighted by atomic mass is 19.1. The Morgan fingerprint density at radius 1 is 1.50 bits per heavy atom. The topological polar surface area (TPSA) is 4.36 Å². The Kier molecular flexibility index (Phi) is 2.44. The highest BCUT2D eigenvalue weighted by Gasteiger charge is 2.13. The lowest BCUT2D eigenvalue weighted by Crippen LogP contribution is -1.94. The molecule has 0 saturated carbocycles. The molecule has 1 atom stereocenters. The highest BCUT2D eigenvalue weighted by molar-refractivity contribution is 5.31. The molecule has 12 heavy (non-hydrogen) atoms. The van der Waals surface area contributed by atoms with E-state index in [9.17, 15) is 4.39 Å². The molecule has 1 nitrogen and oxygen atoms in total. The van der Waals surface area contributed by atoms with E-state index in [-0.39, 0.29) is 11.9 Å². The van der Waals surface area contributed by atoms with Crippen LogP contribution in [0.3, 0.4) is 0 Å². The molecule has 0 saturated heterocycles. The minimum absolute atomic E-state index is 0.233. The molecule has 0 N–H and O–H groups in total. The van der Waals surface area contributed by atoms with Gasteiger partial charge in [0, 0.05) is 12.5 Å². The van der Waals surface area contributed by atoms with Gasteiger partial charge in [-0.25, -0.2) is 11.0 Å². The number of halogens is 1. The Balaban J connectivity index is 3.18. The zero-order chi connectivity index (χ0) is 9.14. The van der Waals surface area contributed by atoms with Gasteiger partial charge in [-0.2, -0.15) is 0 Å². The van der Waals surface area contributed by atoms with Gasteiger partial charge in [-0.3, -0.25) is 0 Å². The molecule has 1 aromatic carbocycles. The summed E-state index contributed by atoms with van der Waals surface area (Å²) in [6.45, 7) is 10.3. The summed E-state index contributed by atoms with van der Waals surface area (Å²) in [4.78, 5) is 3.34. The molecule has 2 heteroatoms. The minimum Gasteiger partial charge on any atom is -0.309 e. The number of hydrogen-bond donors (Lipinski definition) is 0. The number of benzene rings is 1. The monoisotopic (exact) mass is 163 g/mol. The molecular formula is C10H10FN. The maximum absolute atomic E-state index is 13.0. The molecule has 1 aromatic rings. The van der Waals surface area contributed by atoms with Crippen molar-refractivity contribution in [2.75, 3.05) is 0 Å². The van der Waals surface area contributed by atoms with E-state index < -0.39 is 0 Å². The molecule has 0 aliphatic rings. The standard InChI is InChI=1S/C10H10FN/c1-7-9(8(2)12-3)5-4-6-10(7)11/h4-6,8H,1-2H3. The van der Waals surface area contributed by atoms with E-state index in [1.807, 2.05) is 0 Å². The van der Waals surface area contributed by atoms with E-state index in [4.69, 9.17) is 6.57 Å². The molecule has 0 heterocycles. The largest absolute Gasteiger partial charge is 0.309 e. The molecule has 0 fully saturated rings. The summed E-state index contributed by atoms with van der Waals surface area (Å²) < 4.78 is 13.0. The van der Waals surface area contributed by atoms with Crippen LogP contribution in [-0.2, 0) is 0 Å². The van der Waals surface area contributed by atoms with Crippen molar-refractivity contribution in [1.29, 1.82) is 0 Å². The molecule has 1 rings (SSSR count). The Bertz CT molecular complexity index is 325. The predicted molar refractivity (Wildman–Crippen MR) is 46.2 cm³/mol. The highest BCUT2D eigenvalue weighted by Crippen LogP contribution is 2.21. The first kappa shape index (κ1) is 8.73. The van der Waals surface area contributed by atoms with Gasteiger partial charge in [-0.05, 0) is 18.6 Å². The second-order valence-electron chi connectivity index (χ2n) is 2.76. The van der Waals surface area contributed by atoms with Crippen molar-refractivity contribution < 1.29 is 4.39 Å². The van der Waals surface area contributed by atoms with Crippen molar-refractivity contribution in [3.05, 3.63) is 46.6 Å². The normalized spacial score (nSPS) is 12.2. The van der Waals surface area contributed by atoms with Crippen molar-refractivity contribution in [1.82, 2.24) is 0 Å². The van der Waals surface area contributed by atoms with Gasteiger partial charge in [-0.15, -0.1) is 0 Å². The van der Waals surface area contributed by atoms with E-state index in [2.05, 4.69) is 4.85 Å². The van der Waals surface area contributed by atoms with Gasteiger partial charge < -0.3 is 4.85 Å². The van der Waals surface area contributed by atoms with Crippen LogP contribution in [0.4, 0.5) is 4.39 Å². The summed E-state index contributed by atoms with van der Waals surface area (Å²) in [6.07, 6.45) is 0. The van der Waals surface area contributed by atoms with Crippen LogP contribution in [0.1, 0.15) is 24.1 Å². The fourth-order valence-corrected chi connectivity index (χ4v) is 1.15. The molecular weight excluding hydrogens is 153 g/mol. The van der Waals surface area contributed by atoms with E-state index in [0.717, 1.165) is 5.56 Å². The maximum Gasteiger partial charge on any atom is 0.246 e. The van der Waals surface area contributed by atoms with Crippen molar-refractivity contribution in [3.63, 3.8) is 0 Å².